The Balaban J connectivity index is 1.27. The number of rotatable bonds is 7. The first-order chi connectivity index (χ1) is 18.2. The molecule has 3 N–H and O–H groups in total. The molecule has 1 aliphatic rings. The molecule has 6 rings (SSSR count). The Morgan fingerprint density at radius 3 is 2.57 bits per heavy atom. The number of pyridine rings is 3. The highest BCUT2D eigenvalue weighted by molar-refractivity contribution is 7.22. The molecule has 37 heavy (non-hydrogen) atoms. The number of thiazole rings is 1. The highest BCUT2D eigenvalue weighted by Gasteiger charge is 2.20. The van der Waals surface area contributed by atoms with Gasteiger partial charge in [-0.15, -0.1) is 0 Å². The lowest BCUT2D eigenvalue weighted by Crippen LogP contribution is -2.28. The molecule has 4 heterocycles. The van der Waals surface area contributed by atoms with Crippen molar-refractivity contribution in [2.24, 2.45) is 0 Å². The second-order valence-corrected chi connectivity index (χ2v) is 10.5. The van der Waals surface area contributed by atoms with Gasteiger partial charge >= 0.3 is 0 Å². The van der Waals surface area contributed by atoms with Crippen LogP contribution in [0.4, 0.5) is 16.8 Å². The molecule has 1 saturated carbocycles. The van der Waals surface area contributed by atoms with Crippen molar-refractivity contribution in [2.75, 3.05) is 10.6 Å². The average molecular weight is 509 g/mol. The summed E-state index contributed by atoms with van der Waals surface area (Å²) in [7, 11) is 0. The van der Waals surface area contributed by atoms with E-state index in [9.17, 15) is 5.11 Å². The quantitative estimate of drug-likeness (QED) is 0.241. The van der Waals surface area contributed by atoms with E-state index in [1.54, 1.807) is 17.5 Å². The third-order valence-corrected chi connectivity index (χ3v) is 7.60. The SMILES string of the molecule is OC1CCC(Nc2cc(Cc3ccccn3)cc(Nc3nc4ccc(-c5cccnc5)cc4s3)n2)CC1. The fraction of sp³-hybridized carbons (Fsp3) is 0.241. The first-order valence-electron chi connectivity index (χ1n) is 12.6. The third kappa shape index (κ3) is 5.76. The van der Waals surface area contributed by atoms with E-state index in [0.717, 1.165) is 75.1 Å². The molecule has 186 valence electrons. The summed E-state index contributed by atoms with van der Waals surface area (Å²) in [6, 6.07) is 20.8. The maximum atomic E-state index is 9.88. The predicted octanol–water partition coefficient (Wildman–Crippen LogP) is 6.20. The van der Waals surface area contributed by atoms with Gasteiger partial charge in [-0.1, -0.05) is 29.5 Å². The molecule has 0 bridgehead atoms. The summed E-state index contributed by atoms with van der Waals surface area (Å²) in [5, 5.41) is 17.7. The van der Waals surface area contributed by atoms with E-state index in [-0.39, 0.29) is 6.10 Å². The van der Waals surface area contributed by atoms with E-state index in [2.05, 4.69) is 57.0 Å². The molecular formula is C29H28N6OS. The van der Waals surface area contributed by atoms with Gasteiger partial charge in [0.15, 0.2) is 5.13 Å². The highest BCUT2D eigenvalue weighted by Crippen LogP contribution is 2.32. The Morgan fingerprint density at radius 2 is 1.76 bits per heavy atom. The zero-order valence-corrected chi connectivity index (χ0v) is 21.2. The minimum absolute atomic E-state index is 0.184. The van der Waals surface area contributed by atoms with Crippen molar-refractivity contribution in [3.63, 3.8) is 0 Å². The standard InChI is InChI=1S/C29H28N6OS/c36-24-9-7-22(8-10-24)32-27-15-19(14-23-5-1-2-13-31-23)16-28(34-27)35-29-33-25-11-6-20(17-26(25)37-29)21-4-3-12-30-18-21/h1-6,11-13,15-18,22,24,36H,7-10,14H2,(H2,32,33,34,35). The number of benzene rings is 1. The maximum absolute atomic E-state index is 9.88. The topological polar surface area (TPSA) is 95.8 Å². The molecule has 0 spiro atoms. The Labute approximate surface area is 219 Å². The smallest absolute Gasteiger partial charge is 0.189 e. The van der Waals surface area contributed by atoms with Crippen molar-refractivity contribution in [2.45, 2.75) is 44.2 Å². The number of aliphatic hydroxyl groups is 1. The number of nitrogens with one attached hydrogen (secondary N) is 2. The molecular weight excluding hydrogens is 480 g/mol. The zero-order valence-electron chi connectivity index (χ0n) is 20.3. The molecule has 5 aromatic rings. The Kier molecular flexibility index (Phi) is 6.75. The van der Waals surface area contributed by atoms with Gasteiger partial charge < -0.3 is 15.7 Å². The lowest BCUT2D eigenvalue weighted by molar-refractivity contribution is 0.126. The van der Waals surface area contributed by atoms with Gasteiger partial charge in [-0.3, -0.25) is 9.97 Å². The van der Waals surface area contributed by atoms with Crippen LogP contribution in [0, 0.1) is 0 Å². The fourth-order valence-corrected chi connectivity index (χ4v) is 5.68. The lowest BCUT2D eigenvalue weighted by Gasteiger charge is -2.27. The zero-order chi connectivity index (χ0) is 25.0. The molecule has 0 atom stereocenters. The van der Waals surface area contributed by atoms with Crippen LogP contribution in [-0.2, 0) is 6.42 Å². The van der Waals surface area contributed by atoms with Gasteiger partial charge in [0, 0.05) is 42.3 Å². The first-order valence-corrected chi connectivity index (χ1v) is 13.4. The number of nitrogens with zero attached hydrogens (tertiary/aromatic N) is 4. The second kappa shape index (κ2) is 10.6. The van der Waals surface area contributed by atoms with E-state index in [0.29, 0.717) is 12.5 Å². The molecule has 0 unspecified atom stereocenters. The second-order valence-electron chi connectivity index (χ2n) is 9.46. The minimum Gasteiger partial charge on any atom is -0.393 e. The van der Waals surface area contributed by atoms with E-state index >= 15 is 0 Å². The Hall–Kier alpha value is -3.88. The van der Waals surface area contributed by atoms with Gasteiger partial charge in [-0.05, 0) is 79.3 Å². The van der Waals surface area contributed by atoms with Crippen LogP contribution in [0.3, 0.4) is 0 Å². The number of fused-ring (bicyclic) bond motifs is 1. The fourth-order valence-electron chi connectivity index (χ4n) is 4.77. The monoisotopic (exact) mass is 508 g/mol. The largest absolute Gasteiger partial charge is 0.393 e. The molecule has 0 radical (unpaired) electrons. The summed E-state index contributed by atoms with van der Waals surface area (Å²) >= 11 is 1.61. The van der Waals surface area contributed by atoms with Crippen LogP contribution in [0.15, 0.2) is 79.3 Å². The van der Waals surface area contributed by atoms with Crippen LogP contribution in [0.1, 0.15) is 36.9 Å². The maximum Gasteiger partial charge on any atom is 0.189 e. The van der Waals surface area contributed by atoms with Gasteiger partial charge in [0.05, 0.1) is 16.3 Å². The van der Waals surface area contributed by atoms with Crippen LogP contribution >= 0.6 is 11.3 Å². The number of aromatic nitrogens is 4. The average Bonchev–Trinajstić information content (AvgIpc) is 3.32. The first kappa shape index (κ1) is 23.5. The highest BCUT2D eigenvalue weighted by atomic mass is 32.1. The molecule has 4 aromatic heterocycles. The van der Waals surface area contributed by atoms with Gasteiger partial charge in [-0.25, -0.2) is 9.97 Å². The summed E-state index contributed by atoms with van der Waals surface area (Å²) in [6.45, 7) is 0. The number of hydrogen-bond donors (Lipinski definition) is 3. The van der Waals surface area contributed by atoms with Crippen LogP contribution in [0.2, 0.25) is 0 Å². The molecule has 8 heteroatoms. The van der Waals surface area contributed by atoms with E-state index in [1.165, 1.54) is 0 Å². The van der Waals surface area contributed by atoms with Crippen molar-refractivity contribution in [1.82, 2.24) is 19.9 Å². The van der Waals surface area contributed by atoms with Crippen molar-refractivity contribution in [1.29, 1.82) is 0 Å². The summed E-state index contributed by atoms with van der Waals surface area (Å²) in [5.41, 5.74) is 5.28. The van der Waals surface area contributed by atoms with Crippen LogP contribution < -0.4 is 10.6 Å². The lowest BCUT2D eigenvalue weighted by atomic mass is 9.93. The van der Waals surface area contributed by atoms with Crippen molar-refractivity contribution in [3.8, 4) is 11.1 Å². The summed E-state index contributed by atoms with van der Waals surface area (Å²) in [5.74, 6) is 1.58. The van der Waals surface area contributed by atoms with Crippen LogP contribution in [-0.4, -0.2) is 37.2 Å². The van der Waals surface area contributed by atoms with E-state index in [1.807, 2.05) is 36.7 Å². The van der Waals surface area contributed by atoms with E-state index in [4.69, 9.17) is 9.97 Å². The number of aliphatic hydroxyl groups excluding tert-OH is 1. The third-order valence-electron chi connectivity index (χ3n) is 6.66. The molecule has 7 nitrogen and oxygen atoms in total. The predicted molar refractivity (Wildman–Crippen MR) is 149 cm³/mol. The molecule has 1 fully saturated rings. The van der Waals surface area contributed by atoms with Gasteiger partial charge in [0.25, 0.3) is 0 Å². The molecule has 0 saturated heterocycles. The van der Waals surface area contributed by atoms with Crippen molar-refractivity contribution < 1.29 is 5.11 Å². The van der Waals surface area contributed by atoms with Crippen LogP contribution in [0.5, 0.6) is 0 Å². The molecule has 1 aromatic carbocycles. The molecule has 0 amide bonds. The van der Waals surface area contributed by atoms with Gasteiger partial charge in [0.2, 0.25) is 0 Å². The van der Waals surface area contributed by atoms with E-state index < -0.39 is 0 Å². The van der Waals surface area contributed by atoms with Crippen molar-refractivity contribution >= 4 is 38.3 Å². The summed E-state index contributed by atoms with van der Waals surface area (Å²) in [6.07, 6.45) is 9.53. The number of hydrogen-bond acceptors (Lipinski definition) is 8. The molecule has 0 aliphatic heterocycles. The minimum atomic E-state index is -0.184. The summed E-state index contributed by atoms with van der Waals surface area (Å²) in [4.78, 5) is 18.4. The van der Waals surface area contributed by atoms with Crippen molar-refractivity contribution in [3.05, 3.63) is 90.5 Å². The number of anilines is 3. The molecule has 1 aliphatic carbocycles. The van der Waals surface area contributed by atoms with Gasteiger partial charge in [-0.2, -0.15) is 0 Å². The Bertz CT molecular complexity index is 1480. The summed E-state index contributed by atoms with van der Waals surface area (Å²) < 4.78 is 1.10. The van der Waals surface area contributed by atoms with Gasteiger partial charge in [0.1, 0.15) is 11.6 Å². The van der Waals surface area contributed by atoms with Crippen LogP contribution in [0.25, 0.3) is 21.3 Å². The Morgan fingerprint density at radius 1 is 0.865 bits per heavy atom. The normalized spacial score (nSPS) is 17.5.